The molecule has 45 heavy (non-hydrogen) atoms. The first-order chi connectivity index (χ1) is 21.5. The molecule has 1 fully saturated rings. The van der Waals surface area contributed by atoms with Crippen LogP contribution in [0.2, 0.25) is 0 Å². The average Bonchev–Trinajstić information content (AvgIpc) is 3.04. The van der Waals surface area contributed by atoms with Crippen LogP contribution in [-0.4, -0.2) is 96.3 Å². The molecule has 1 aromatic rings. The predicted octanol–water partition coefficient (Wildman–Crippen LogP) is 3.52. The number of aliphatic hydroxyl groups excluding tert-OH is 2. The van der Waals surface area contributed by atoms with Crippen LogP contribution in [0.4, 0.5) is 0 Å². The summed E-state index contributed by atoms with van der Waals surface area (Å²) in [5.41, 5.74) is 0.919. The molecule has 0 heterocycles. The number of benzene rings is 1. The molecule has 0 bridgehead atoms. The second kappa shape index (κ2) is 21.0. The summed E-state index contributed by atoms with van der Waals surface area (Å²) < 4.78 is 0. The van der Waals surface area contributed by atoms with Gasteiger partial charge in [-0.05, 0) is 51.3 Å². The van der Waals surface area contributed by atoms with Crippen LogP contribution >= 0.6 is 0 Å². The quantitative estimate of drug-likeness (QED) is 0.164. The second-order valence-corrected chi connectivity index (χ2v) is 13.1. The summed E-state index contributed by atoms with van der Waals surface area (Å²) in [5, 5.41) is 27.8. The van der Waals surface area contributed by atoms with Crippen molar-refractivity contribution in [1.82, 2.24) is 20.4 Å². The van der Waals surface area contributed by atoms with Crippen LogP contribution in [0.5, 0.6) is 0 Å². The van der Waals surface area contributed by atoms with Gasteiger partial charge in [0.25, 0.3) is 0 Å². The monoisotopic (exact) mass is 626 g/mol. The zero-order chi connectivity index (χ0) is 33.2. The molecule has 1 aliphatic rings. The number of terminal acetylenes is 1. The third-order valence-electron chi connectivity index (χ3n) is 8.94. The molecule has 0 saturated heterocycles. The first-order valence-corrected chi connectivity index (χ1v) is 16.9. The molecule has 0 spiro atoms. The average molecular weight is 627 g/mol. The van der Waals surface area contributed by atoms with Gasteiger partial charge in [0.15, 0.2) is 0 Å². The molecule has 4 N–H and O–H groups in total. The van der Waals surface area contributed by atoms with Crippen molar-refractivity contribution in [3.8, 4) is 12.3 Å². The maximum atomic E-state index is 13.8. The van der Waals surface area contributed by atoms with Crippen LogP contribution in [0, 0.1) is 24.2 Å². The van der Waals surface area contributed by atoms with E-state index in [1.54, 1.807) is 11.9 Å². The molecule has 1 aliphatic carbocycles. The third-order valence-corrected chi connectivity index (χ3v) is 8.94. The summed E-state index contributed by atoms with van der Waals surface area (Å²) >= 11 is 0. The van der Waals surface area contributed by atoms with E-state index in [9.17, 15) is 24.6 Å². The van der Waals surface area contributed by atoms with Gasteiger partial charge < -0.3 is 30.6 Å². The number of aliphatic hydroxyl groups is 2. The molecule has 9 nitrogen and oxygen atoms in total. The summed E-state index contributed by atoms with van der Waals surface area (Å²) in [5.74, 6) is 1.25. The number of hydrogen-bond acceptors (Lipinski definition) is 6. The van der Waals surface area contributed by atoms with E-state index < -0.39 is 42.0 Å². The molecule has 252 valence electrons. The van der Waals surface area contributed by atoms with Gasteiger partial charge in [0.2, 0.25) is 17.7 Å². The minimum atomic E-state index is -1.12. The second-order valence-electron chi connectivity index (χ2n) is 13.1. The minimum absolute atomic E-state index is 0.000768. The van der Waals surface area contributed by atoms with Crippen LogP contribution in [0.15, 0.2) is 30.3 Å². The van der Waals surface area contributed by atoms with Gasteiger partial charge in [0, 0.05) is 33.0 Å². The van der Waals surface area contributed by atoms with Crippen LogP contribution in [0.1, 0.15) is 89.5 Å². The summed E-state index contributed by atoms with van der Waals surface area (Å²) in [4.78, 5) is 44.4. The Labute approximate surface area is 271 Å². The highest BCUT2D eigenvalue weighted by molar-refractivity contribution is 5.91. The van der Waals surface area contributed by atoms with Crippen LogP contribution < -0.4 is 10.6 Å². The molecule has 0 unspecified atom stereocenters. The number of amides is 3. The van der Waals surface area contributed by atoms with Crippen LogP contribution in [0.25, 0.3) is 0 Å². The lowest BCUT2D eigenvalue weighted by Gasteiger charge is -2.33. The SMILES string of the molecule is C#CCC[C@H](NC(=O)[C@@H](CC(=O)N(C)CCN(C)C)Cc1ccccc1)C(=O)N[C@@H](CC1CCCCC1)[C@@H](O)[C@@H](O)CCCC. The van der Waals surface area contributed by atoms with E-state index in [-0.39, 0.29) is 25.2 Å². The van der Waals surface area contributed by atoms with E-state index in [0.717, 1.165) is 44.1 Å². The number of hydrogen-bond donors (Lipinski definition) is 4. The third kappa shape index (κ3) is 14.4. The van der Waals surface area contributed by atoms with Crippen molar-refractivity contribution in [2.75, 3.05) is 34.2 Å². The minimum Gasteiger partial charge on any atom is -0.390 e. The van der Waals surface area contributed by atoms with Gasteiger partial charge in [0.05, 0.1) is 24.2 Å². The van der Waals surface area contributed by atoms with Gasteiger partial charge in [-0.2, -0.15) is 0 Å². The fraction of sp³-hybridized carbons (Fsp3) is 0.694. The topological polar surface area (TPSA) is 122 Å². The van der Waals surface area contributed by atoms with E-state index in [0.29, 0.717) is 38.3 Å². The lowest BCUT2D eigenvalue weighted by molar-refractivity contribution is -0.137. The Kier molecular flexibility index (Phi) is 17.8. The van der Waals surface area contributed by atoms with Gasteiger partial charge in [-0.1, -0.05) is 82.2 Å². The van der Waals surface area contributed by atoms with Gasteiger partial charge >= 0.3 is 0 Å². The Morgan fingerprint density at radius 2 is 1.67 bits per heavy atom. The lowest BCUT2D eigenvalue weighted by atomic mass is 9.82. The van der Waals surface area contributed by atoms with Crippen LogP contribution in [0.3, 0.4) is 0 Å². The number of nitrogens with zero attached hydrogens (tertiary/aromatic N) is 2. The number of unbranched alkanes of at least 4 members (excludes halogenated alkanes) is 1. The fourth-order valence-corrected chi connectivity index (χ4v) is 5.98. The Morgan fingerprint density at radius 1 is 0.978 bits per heavy atom. The molecular formula is C36H58N4O5. The van der Waals surface area contributed by atoms with Gasteiger partial charge in [-0.3, -0.25) is 14.4 Å². The molecule has 0 aromatic heterocycles. The zero-order valence-corrected chi connectivity index (χ0v) is 28.0. The van der Waals surface area contributed by atoms with Crippen molar-refractivity contribution < 1.29 is 24.6 Å². The number of carbonyl (C=O) groups excluding carboxylic acids is 3. The molecule has 3 amide bonds. The van der Waals surface area contributed by atoms with Gasteiger partial charge in [-0.15, -0.1) is 12.3 Å². The molecule has 2 rings (SSSR count). The fourth-order valence-electron chi connectivity index (χ4n) is 5.98. The maximum absolute atomic E-state index is 13.8. The first-order valence-electron chi connectivity index (χ1n) is 16.9. The number of likely N-dealkylation sites (N-methyl/N-ethyl adjacent to an activating group) is 2. The zero-order valence-electron chi connectivity index (χ0n) is 28.0. The Bertz CT molecular complexity index is 1050. The van der Waals surface area contributed by atoms with Crippen molar-refractivity contribution in [2.24, 2.45) is 11.8 Å². The van der Waals surface area contributed by atoms with E-state index >= 15 is 0 Å². The van der Waals surface area contributed by atoms with E-state index in [4.69, 9.17) is 6.42 Å². The highest BCUT2D eigenvalue weighted by Crippen LogP contribution is 2.29. The number of nitrogens with one attached hydrogen (secondary N) is 2. The Hall–Kier alpha value is -2.93. The molecule has 9 heteroatoms. The van der Waals surface area contributed by atoms with Gasteiger partial charge in [0.1, 0.15) is 6.04 Å². The normalized spacial score (nSPS) is 17.0. The summed E-state index contributed by atoms with van der Waals surface area (Å²) in [6.45, 7) is 3.26. The van der Waals surface area contributed by atoms with Crippen LogP contribution in [-0.2, 0) is 20.8 Å². The first kappa shape index (κ1) is 38.3. The van der Waals surface area contributed by atoms with Crippen molar-refractivity contribution in [2.45, 2.75) is 115 Å². The smallest absolute Gasteiger partial charge is 0.242 e. The number of rotatable bonds is 20. The van der Waals surface area contributed by atoms with E-state index in [1.807, 2.05) is 56.3 Å². The predicted molar refractivity (Wildman–Crippen MR) is 179 cm³/mol. The Balaban J connectivity index is 2.23. The molecule has 5 atom stereocenters. The molecule has 0 aliphatic heterocycles. The number of carbonyl (C=O) groups is 3. The summed E-state index contributed by atoms with van der Waals surface area (Å²) in [6, 6.07) is 7.94. The Morgan fingerprint density at radius 3 is 2.29 bits per heavy atom. The van der Waals surface area contributed by atoms with Gasteiger partial charge in [-0.25, -0.2) is 0 Å². The van der Waals surface area contributed by atoms with Crippen molar-refractivity contribution in [3.63, 3.8) is 0 Å². The highest BCUT2D eigenvalue weighted by Gasteiger charge is 2.34. The maximum Gasteiger partial charge on any atom is 0.242 e. The van der Waals surface area contributed by atoms with Crippen molar-refractivity contribution in [1.29, 1.82) is 0 Å². The molecule has 0 radical (unpaired) electrons. The standard InChI is InChI=1S/C36H58N4O5/c1-6-8-20-30(36(45)38-31(25-28-18-14-11-15-19-28)34(43)32(41)21-9-7-2)37-35(44)29(24-27-16-12-10-13-17-27)26-33(42)40(5)23-22-39(3)4/h1,10,12-13,16-17,28-32,34,41,43H,7-9,11,14-15,18-26H2,2-5H3,(H,37,44)(H,38,45)/t29-,30+,31+,32+,34-/m1/s1. The van der Waals surface area contributed by atoms with Crippen molar-refractivity contribution in [3.05, 3.63) is 35.9 Å². The largest absolute Gasteiger partial charge is 0.390 e. The van der Waals surface area contributed by atoms with E-state index in [2.05, 4.69) is 16.6 Å². The van der Waals surface area contributed by atoms with E-state index in [1.165, 1.54) is 6.42 Å². The summed E-state index contributed by atoms with van der Waals surface area (Å²) in [6.07, 6.45) is 12.5. The summed E-state index contributed by atoms with van der Waals surface area (Å²) in [7, 11) is 5.62. The lowest BCUT2D eigenvalue weighted by Crippen LogP contribution is -2.56. The highest BCUT2D eigenvalue weighted by atomic mass is 16.3. The molecular weight excluding hydrogens is 568 g/mol. The van der Waals surface area contributed by atoms with Crippen molar-refractivity contribution >= 4 is 17.7 Å². The molecule has 1 aromatic carbocycles. The molecule has 1 saturated carbocycles.